The van der Waals surface area contributed by atoms with Gasteiger partial charge in [-0.05, 0) is 56.1 Å². The Morgan fingerprint density at radius 1 is 1.26 bits per heavy atom. The molecule has 0 spiro atoms. The minimum atomic E-state index is -0.494. The van der Waals surface area contributed by atoms with Crippen LogP contribution in [-0.4, -0.2) is 10.9 Å². The summed E-state index contributed by atoms with van der Waals surface area (Å²) in [6.45, 7) is 0. The van der Waals surface area contributed by atoms with Gasteiger partial charge in [0.1, 0.15) is 11.5 Å². The summed E-state index contributed by atoms with van der Waals surface area (Å²) in [5.41, 5.74) is 6.87. The van der Waals surface area contributed by atoms with Crippen LogP contribution in [0.3, 0.4) is 0 Å². The van der Waals surface area contributed by atoms with Crippen molar-refractivity contribution in [2.24, 2.45) is 0 Å². The van der Waals surface area contributed by atoms with E-state index >= 15 is 0 Å². The molecule has 1 heterocycles. The van der Waals surface area contributed by atoms with E-state index in [2.05, 4.69) is 42.2 Å². The molecule has 1 aromatic heterocycles. The molecule has 0 aliphatic heterocycles. The summed E-state index contributed by atoms with van der Waals surface area (Å²) in [5.74, 6) is -0.933. The zero-order chi connectivity index (χ0) is 14.0. The Bertz CT molecular complexity index is 608. The van der Waals surface area contributed by atoms with Gasteiger partial charge in [-0.1, -0.05) is 0 Å². The number of halogens is 3. The summed E-state index contributed by atoms with van der Waals surface area (Å²) in [6.07, 6.45) is 0.988. The lowest BCUT2D eigenvalue weighted by molar-refractivity contribution is 0.102. The molecule has 0 unspecified atom stereocenters. The van der Waals surface area contributed by atoms with Gasteiger partial charge in [0, 0.05) is 14.6 Å². The molecule has 2 rings (SSSR count). The zero-order valence-electron chi connectivity index (χ0n) is 9.45. The van der Waals surface area contributed by atoms with Crippen molar-refractivity contribution in [3.63, 3.8) is 0 Å². The molecule has 3 N–H and O–H groups in total. The van der Waals surface area contributed by atoms with E-state index in [-0.39, 0.29) is 5.69 Å². The average molecular weight is 389 g/mol. The Morgan fingerprint density at radius 3 is 2.42 bits per heavy atom. The van der Waals surface area contributed by atoms with Crippen LogP contribution in [0.2, 0.25) is 0 Å². The summed E-state index contributed by atoms with van der Waals surface area (Å²) in [6, 6.07) is 5.82. The maximum atomic E-state index is 12.7. The topological polar surface area (TPSA) is 68.0 Å². The highest BCUT2D eigenvalue weighted by Gasteiger charge is 2.13. The van der Waals surface area contributed by atoms with E-state index in [0.29, 0.717) is 20.3 Å². The predicted molar refractivity (Wildman–Crippen MR) is 78.4 cm³/mol. The number of anilines is 2. The molecule has 0 saturated carbocycles. The van der Waals surface area contributed by atoms with Gasteiger partial charge in [-0.25, -0.2) is 9.37 Å². The molecule has 19 heavy (non-hydrogen) atoms. The summed E-state index contributed by atoms with van der Waals surface area (Å²) in [4.78, 5) is 15.7. The van der Waals surface area contributed by atoms with Crippen LogP contribution in [0.15, 0.2) is 39.4 Å². The molecule has 1 aromatic carbocycles. The molecule has 0 bridgehead atoms. The monoisotopic (exact) mass is 387 g/mol. The van der Waals surface area contributed by atoms with Gasteiger partial charge in [0.05, 0.1) is 11.9 Å². The van der Waals surface area contributed by atoms with Crippen LogP contribution in [0, 0.1) is 5.82 Å². The van der Waals surface area contributed by atoms with Crippen LogP contribution in [0.5, 0.6) is 0 Å². The summed E-state index contributed by atoms with van der Waals surface area (Å²) in [7, 11) is 0. The Morgan fingerprint density at radius 2 is 1.89 bits per heavy atom. The SMILES string of the molecule is Nc1cc(Br)c(NC(=O)c2ccc(F)cn2)c(Br)c1. The summed E-state index contributed by atoms with van der Waals surface area (Å²) < 4.78 is 14.0. The van der Waals surface area contributed by atoms with Crippen LogP contribution < -0.4 is 11.1 Å². The maximum absolute atomic E-state index is 12.7. The van der Waals surface area contributed by atoms with Gasteiger partial charge in [-0.3, -0.25) is 4.79 Å². The van der Waals surface area contributed by atoms with Gasteiger partial charge in [0.15, 0.2) is 0 Å². The molecule has 4 nitrogen and oxygen atoms in total. The first-order chi connectivity index (χ1) is 8.97. The second kappa shape index (κ2) is 5.66. The molecule has 7 heteroatoms. The third-order valence-electron chi connectivity index (χ3n) is 2.26. The second-order valence-electron chi connectivity index (χ2n) is 3.68. The van der Waals surface area contributed by atoms with Gasteiger partial charge in [-0.2, -0.15) is 0 Å². The molecule has 2 aromatic rings. The number of aromatic nitrogens is 1. The van der Waals surface area contributed by atoms with Gasteiger partial charge in [0.25, 0.3) is 5.91 Å². The summed E-state index contributed by atoms with van der Waals surface area (Å²) >= 11 is 6.61. The second-order valence-corrected chi connectivity index (χ2v) is 5.38. The lowest BCUT2D eigenvalue weighted by atomic mass is 10.2. The maximum Gasteiger partial charge on any atom is 0.274 e. The third-order valence-corrected chi connectivity index (χ3v) is 3.51. The van der Waals surface area contributed by atoms with E-state index < -0.39 is 11.7 Å². The van der Waals surface area contributed by atoms with Crippen molar-refractivity contribution < 1.29 is 9.18 Å². The molecular formula is C12H8Br2FN3O. The largest absolute Gasteiger partial charge is 0.399 e. The van der Waals surface area contributed by atoms with Crippen LogP contribution in [-0.2, 0) is 0 Å². The highest BCUT2D eigenvalue weighted by molar-refractivity contribution is 9.11. The molecule has 0 aliphatic carbocycles. The van der Waals surface area contributed by atoms with Crippen molar-refractivity contribution in [1.82, 2.24) is 4.98 Å². The third kappa shape index (κ3) is 3.30. The van der Waals surface area contributed by atoms with Crippen LogP contribution in [0.1, 0.15) is 10.5 Å². The van der Waals surface area contributed by atoms with E-state index in [4.69, 9.17) is 5.73 Å². The number of nitrogen functional groups attached to an aromatic ring is 1. The number of hydrogen-bond acceptors (Lipinski definition) is 3. The molecule has 98 valence electrons. The lowest BCUT2D eigenvalue weighted by Gasteiger charge is -2.10. The molecule has 0 radical (unpaired) electrons. The smallest absolute Gasteiger partial charge is 0.274 e. The minimum Gasteiger partial charge on any atom is -0.399 e. The highest BCUT2D eigenvalue weighted by atomic mass is 79.9. The number of hydrogen-bond donors (Lipinski definition) is 2. The van der Waals surface area contributed by atoms with Crippen molar-refractivity contribution in [3.8, 4) is 0 Å². The van der Waals surface area contributed by atoms with Crippen molar-refractivity contribution in [2.45, 2.75) is 0 Å². The fraction of sp³-hybridized carbons (Fsp3) is 0. The van der Waals surface area contributed by atoms with Gasteiger partial charge in [-0.15, -0.1) is 0 Å². The van der Waals surface area contributed by atoms with Gasteiger partial charge < -0.3 is 11.1 Å². The fourth-order valence-corrected chi connectivity index (χ4v) is 2.82. The number of carbonyl (C=O) groups is 1. The van der Waals surface area contributed by atoms with Crippen LogP contribution in [0.4, 0.5) is 15.8 Å². The number of rotatable bonds is 2. The van der Waals surface area contributed by atoms with E-state index in [9.17, 15) is 9.18 Å². The van der Waals surface area contributed by atoms with E-state index in [0.717, 1.165) is 6.20 Å². The number of nitrogens with two attached hydrogens (primary N) is 1. The summed E-state index contributed by atoms with van der Waals surface area (Å²) in [5, 5.41) is 2.67. The number of carbonyl (C=O) groups excluding carboxylic acids is 1. The highest BCUT2D eigenvalue weighted by Crippen LogP contribution is 2.33. The molecule has 0 atom stereocenters. The van der Waals surface area contributed by atoms with E-state index in [1.807, 2.05) is 0 Å². The molecular weight excluding hydrogens is 381 g/mol. The number of nitrogens with zero attached hydrogens (tertiary/aromatic N) is 1. The first-order valence-corrected chi connectivity index (χ1v) is 6.73. The Balaban J connectivity index is 2.26. The molecule has 0 saturated heterocycles. The fourth-order valence-electron chi connectivity index (χ4n) is 1.40. The van der Waals surface area contributed by atoms with Crippen LogP contribution >= 0.6 is 31.9 Å². The quantitative estimate of drug-likeness (QED) is 0.772. The molecule has 0 fully saturated rings. The standard InChI is InChI=1S/C12H8Br2FN3O/c13-8-3-7(16)4-9(14)11(8)18-12(19)10-2-1-6(15)5-17-10/h1-5H,16H2,(H,18,19). The average Bonchev–Trinajstić information content (AvgIpc) is 2.34. The lowest BCUT2D eigenvalue weighted by Crippen LogP contribution is -2.14. The number of nitrogens with one attached hydrogen (secondary N) is 1. The van der Waals surface area contributed by atoms with Crippen LogP contribution in [0.25, 0.3) is 0 Å². The Hall–Kier alpha value is -1.47. The zero-order valence-corrected chi connectivity index (χ0v) is 12.6. The molecule has 1 amide bonds. The predicted octanol–water partition coefficient (Wildman–Crippen LogP) is 3.58. The van der Waals surface area contributed by atoms with Crippen molar-refractivity contribution >= 4 is 49.1 Å². The normalized spacial score (nSPS) is 10.3. The Kier molecular flexibility index (Phi) is 4.16. The van der Waals surface area contributed by atoms with Gasteiger partial charge >= 0.3 is 0 Å². The number of pyridine rings is 1. The minimum absolute atomic E-state index is 0.122. The number of benzene rings is 1. The van der Waals surface area contributed by atoms with Crippen molar-refractivity contribution in [2.75, 3.05) is 11.1 Å². The van der Waals surface area contributed by atoms with E-state index in [1.54, 1.807) is 12.1 Å². The first kappa shape index (κ1) is 14.0. The molecule has 0 aliphatic rings. The number of amides is 1. The van der Waals surface area contributed by atoms with Crippen molar-refractivity contribution in [1.29, 1.82) is 0 Å². The van der Waals surface area contributed by atoms with E-state index in [1.165, 1.54) is 12.1 Å². The first-order valence-electron chi connectivity index (χ1n) is 5.15. The van der Waals surface area contributed by atoms with Crippen molar-refractivity contribution in [3.05, 3.63) is 50.9 Å². The van der Waals surface area contributed by atoms with Gasteiger partial charge in [0.2, 0.25) is 0 Å². The Labute approximate surface area is 125 Å².